The zero-order valence-electron chi connectivity index (χ0n) is 7.38. The highest BCUT2D eigenvalue weighted by molar-refractivity contribution is 7.98. The minimum atomic E-state index is -0.231. The van der Waals surface area contributed by atoms with E-state index in [2.05, 4.69) is 15.1 Å². The quantitative estimate of drug-likeness (QED) is 0.684. The van der Waals surface area contributed by atoms with Gasteiger partial charge in [0, 0.05) is 6.07 Å². The second-order valence-electron chi connectivity index (χ2n) is 2.57. The van der Waals surface area contributed by atoms with Crippen molar-refractivity contribution in [1.29, 1.82) is 0 Å². The lowest BCUT2D eigenvalue weighted by Gasteiger charge is -1.97. The van der Waals surface area contributed by atoms with E-state index in [0.29, 0.717) is 16.6 Å². The molecule has 14 heavy (non-hydrogen) atoms. The number of hydrogen-bond donors (Lipinski definition) is 2. The molecule has 0 saturated heterocycles. The maximum atomic E-state index is 9.49. The average molecular weight is 212 g/mol. The number of aromatic nitrogens is 4. The van der Waals surface area contributed by atoms with Gasteiger partial charge in [0.05, 0.1) is 12.3 Å². The molecule has 2 N–H and O–H groups in total. The molecule has 0 bridgehead atoms. The van der Waals surface area contributed by atoms with Crippen LogP contribution in [0.25, 0.3) is 5.78 Å². The monoisotopic (exact) mass is 212 g/mol. The number of hydrogen-bond acceptors (Lipinski definition) is 6. The molecule has 0 aliphatic carbocycles. The van der Waals surface area contributed by atoms with Crippen LogP contribution in [0.5, 0.6) is 5.88 Å². The Hall–Kier alpha value is -1.34. The molecule has 0 amide bonds. The minimum absolute atomic E-state index is 0.0770. The molecule has 2 heterocycles. The third kappa shape index (κ3) is 1.40. The van der Waals surface area contributed by atoms with Crippen LogP contribution >= 0.6 is 11.8 Å². The van der Waals surface area contributed by atoms with E-state index < -0.39 is 0 Å². The van der Waals surface area contributed by atoms with E-state index in [9.17, 15) is 5.11 Å². The van der Waals surface area contributed by atoms with Crippen LogP contribution in [0.15, 0.2) is 11.2 Å². The number of aliphatic hydroxyl groups is 1. The van der Waals surface area contributed by atoms with Crippen LogP contribution in [-0.4, -0.2) is 36.1 Å². The van der Waals surface area contributed by atoms with Crippen molar-refractivity contribution in [3.8, 4) is 5.88 Å². The Balaban J connectivity index is 2.67. The number of rotatable bonds is 2. The fourth-order valence-corrected chi connectivity index (χ4v) is 1.39. The highest BCUT2D eigenvalue weighted by Gasteiger charge is 2.08. The lowest BCUT2D eigenvalue weighted by molar-refractivity contribution is 0.275. The fourth-order valence-electron chi connectivity index (χ4n) is 1.05. The maximum absolute atomic E-state index is 9.49. The van der Waals surface area contributed by atoms with Gasteiger partial charge in [-0.15, -0.1) is 5.10 Å². The first kappa shape index (κ1) is 9.22. The van der Waals surface area contributed by atoms with Gasteiger partial charge in [-0.2, -0.15) is 9.50 Å². The first-order valence-electron chi connectivity index (χ1n) is 3.85. The molecule has 0 radical (unpaired) electrons. The summed E-state index contributed by atoms with van der Waals surface area (Å²) in [4.78, 5) is 8.02. The van der Waals surface area contributed by atoms with Crippen LogP contribution in [0.2, 0.25) is 0 Å². The van der Waals surface area contributed by atoms with Gasteiger partial charge in [-0.25, -0.2) is 4.98 Å². The zero-order chi connectivity index (χ0) is 10.1. The van der Waals surface area contributed by atoms with Gasteiger partial charge >= 0.3 is 0 Å². The topological polar surface area (TPSA) is 83.5 Å². The van der Waals surface area contributed by atoms with Gasteiger partial charge in [0.2, 0.25) is 11.0 Å². The van der Waals surface area contributed by atoms with Gasteiger partial charge in [0.1, 0.15) is 0 Å². The molecule has 2 rings (SSSR count). The van der Waals surface area contributed by atoms with Crippen LogP contribution in [0.4, 0.5) is 0 Å². The Morgan fingerprint density at radius 2 is 2.29 bits per heavy atom. The first-order valence-corrected chi connectivity index (χ1v) is 5.07. The second kappa shape index (κ2) is 3.43. The van der Waals surface area contributed by atoms with Gasteiger partial charge in [-0.05, 0) is 6.26 Å². The van der Waals surface area contributed by atoms with E-state index >= 15 is 0 Å². The zero-order valence-corrected chi connectivity index (χ0v) is 8.19. The van der Waals surface area contributed by atoms with Crippen molar-refractivity contribution in [2.75, 3.05) is 6.26 Å². The molecule has 0 fully saturated rings. The molecular weight excluding hydrogens is 204 g/mol. The Morgan fingerprint density at radius 3 is 2.93 bits per heavy atom. The van der Waals surface area contributed by atoms with Crippen LogP contribution in [0, 0.1) is 0 Å². The summed E-state index contributed by atoms with van der Waals surface area (Å²) in [5.74, 6) is 0.213. The Labute approximate surface area is 83.6 Å². The molecular formula is C7H8N4O2S. The third-order valence-electron chi connectivity index (χ3n) is 1.67. The van der Waals surface area contributed by atoms with Gasteiger partial charge < -0.3 is 10.2 Å². The molecule has 6 nitrogen and oxygen atoms in total. The molecule has 74 valence electrons. The predicted octanol–water partition coefficient (Wildman–Crippen LogP) is 0.0441. The van der Waals surface area contributed by atoms with Crippen LogP contribution < -0.4 is 0 Å². The van der Waals surface area contributed by atoms with Gasteiger partial charge in [-0.3, -0.25) is 0 Å². The van der Waals surface area contributed by atoms with Crippen LogP contribution in [0.3, 0.4) is 0 Å². The Morgan fingerprint density at radius 1 is 1.50 bits per heavy atom. The van der Waals surface area contributed by atoms with E-state index in [4.69, 9.17) is 5.11 Å². The van der Waals surface area contributed by atoms with Gasteiger partial charge in [0.25, 0.3) is 5.78 Å². The lowest BCUT2D eigenvalue weighted by Crippen LogP contribution is -1.96. The molecule has 0 aromatic carbocycles. The summed E-state index contributed by atoms with van der Waals surface area (Å²) >= 11 is 1.36. The van der Waals surface area contributed by atoms with E-state index in [-0.39, 0.29) is 12.5 Å². The van der Waals surface area contributed by atoms with Gasteiger partial charge in [-0.1, -0.05) is 11.8 Å². The second-order valence-corrected chi connectivity index (χ2v) is 3.35. The summed E-state index contributed by atoms with van der Waals surface area (Å²) in [6.45, 7) is -0.231. The molecule has 0 unspecified atom stereocenters. The van der Waals surface area contributed by atoms with Crippen molar-refractivity contribution in [1.82, 2.24) is 19.6 Å². The summed E-state index contributed by atoms with van der Waals surface area (Å²) in [6.07, 6.45) is 1.83. The largest absolute Gasteiger partial charge is 0.493 e. The fraction of sp³-hybridized carbons (Fsp3) is 0.286. The first-order chi connectivity index (χ1) is 6.74. The Kier molecular flexibility index (Phi) is 2.26. The van der Waals surface area contributed by atoms with E-state index in [1.54, 1.807) is 0 Å². The highest BCUT2D eigenvalue weighted by Crippen LogP contribution is 2.15. The third-order valence-corrected chi connectivity index (χ3v) is 2.21. The minimum Gasteiger partial charge on any atom is -0.493 e. The lowest BCUT2D eigenvalue weighted by atomic mass is 10.4. The molecule has 0 spiro atoms. The summed E-state index contributed by atoms with van der Waals surface area (Å²) < 4.78 is 1.23. The molecule has 2 aromatic rings. The molecule has 2 aromatic heterocycles. The van der Waals surface area contributed by atoms with Crippen LogP contribution in [-0.2, 0) is 6.61 Å². The SMILES string of the molecule is CSc1nc2nc(CO)cc(O)n2n1. The van der Waals surface area contributed by atoms with Gasteiger partial charge in [0.15, 0.2) is 0 Å². The number of aromatic hydroxyl groups is 1. The number of aliphatic hydroxyl groups excluding tert-OH is 1. The number of fused-ring (bicyclic) bond motifs is 1. The predicted molar refractivity (Wildman–Crippen MR) is 50.2 cm³/mol. The molecule has 0 atom stereocenters. The summed E-state index contributed by atoms with van der Waals surface area (Å²) in [6, 6.07) is 1.35. The van der Waals surface area contributed by atoms with Crippen molar-refractivity contribution in [3.05, 3.63) is 11.8 Å². The van der Waals surface area contributed by atoms with Crippen molar-refractivity contribution in [3.63, 3.8) is 0 Å². The van der Waals surface area contributed by atoms with E-state index in [0.717, 1.165) is 0 Å². The number of thioether (sulfide) groups is 1. The van der Waals surface area contributed by atoms with E-state index in [1.165, 1.54) is 22.3 Å². The molecule has 7 heteroatoms. The summed E-state index contributed by atoms with van der Waals surface area (Å²) in [5, 5.41) is 22.9. The smallest absolute Gasteiger partial charge is 0.256 e. The van der Waals surface area contributed by atoms with Crippen molar-refractivity contribution in [2.45, 2.75) is 11.8 Å². The number of nitrogens with zero attached hydrogens (tertiary/aromatic N) is 4. The maximum Gasteiger partial charge on any atom is 0.256 e. The van der Waals surface area contributed by atoms with Crippen molar-refractivity contribution >= 4 is 17.5 Å². The Bertz CT molecular complexity index is 470. The normalized spacial score (nSPS) is 11.0. The van der Waals surface area contributed by atoms with E-state index in [1.807, 2.05) is 6.26 Å². The summed E-state index contributed by atoms with van der Waals surface area (Å²) in [5.41, 5.74) is 0.370. The summed E-state index contributed by atoms with van der Waals surface area (Å²) in [7, 11) is 0. The standard InChI is InChI=1S/C7H8N4O2S/c1-14-7-9-6-8-4(3-12)2-5(13)11(6)10-7/h2,12-13H,3H2,1H3. The molecule has 0 aliphatic heterocycles. The van der Waals surface area contributed by atoms with Crippen molar-refractivity contribution in [2.24, 2.45) is 0 Å². The molecule has 0 aliphatic rings. The van der Waals surface area contributed by atoms with Crippen LogP contribution in [0.1, 0.15) is 5.69 Å². The molecule has 0 saturated carbocycles. The average Bonchev–Trinajstić information content (AvgIpc) is 2.61. The highest BCUT2D eigenvalue weighted by atomic mass is 32.2. The van der Waals surface area contributed by atoms with Crippen molar-refractivity contribution < 1.29 is 10.2 Å².